The molecule has 0 unspecified atom stereocenters. The van der Waals surface area contributed by atoms with Crippen molar-refractivity contribution in [2.45, 2.75) is 12.6 Å². The van der Waals surface area contributed by atoms with Gasteiger partial charge in [-0.1, -0.05) is 0 Å². The molecule has 1 aliphatic rings. The zero-order chi connectivity index (χ0) is 9.19. The average Bonchev–Trinajstić information content (AvgIpc) is 2.32. The van der Waals surface area contributed by atoms with Crippen molar-refractivity contribution < 1.29 is 18.3 Å². The van der Waals surface area contributed by atoms with E-state index in [4.69, 9.17) is 5.11 Å². The molecule has 0 atom stereocenters. The van der Waals surface area contributed by atoms with E-state index in [9.17, 15) is 13.2 Å². The van der Waals surface area contributed by atoms with Gasteiger partial charge in [-0.2, -0.15) is 13.2 Å². The number of nitrogens with zero attached hydrogens (tertiary/aromatic N) is 1. The van der Waals surface area contributed by atoms with Crippen LogP contribution in [0.1, 0.15) is 6.42 Å². The molecule has 0 fully saturated rings. The molecule has 0 aromatic rings. The molecule has 0 spiro atoms. The summed E-state index contributed by atoms with van der Waals surface area (Å²) in [5.41, 5.74) is 0.542. The van der Waals surface area contributed by atoms with Crippen LogP contribution in [0.5, 0.6) is 0 Å². The van der Waals surface area contributed by atoms with E-state index >= 15 is 0 Å². The molecule has 68 valence electrons. The predicted octanol–water partition coefficient (Wildman–Crippen LogP) is 1.31. The van der Waals surface area contributed by atoms with E-state index < -0.39 is 12.6 Å². The maximum absolute atomic E-state index is 11.8. The molecule has 5 heteroatoms. The zero-order valence-corrected chi connectivity index (χ0v) is 6.23. The molecule has 0 amide bonds. The summed E-state index contributed by atoms with van der Waals surface area (Å²) in [6.07, 6.45) is -3.91. The Kier molecular flexibility index (Phi) is 2.52. The molecule has 1 N–H and O–H groups in total. The van der Waals surface area contributed by atoms with Crippen LogP contribution in [0.2, 0.25) is 0 Å². The van der Waals surface area contributed by atoms with Crippen molar-refractivity contribution in [3.05, 3.63) is 11.6 Å². The van der Waals surface area contributed by atoms with Crippen molar-refractivity contribution in [3.8, 4) is 0 Å². The van der Waals surface area contributed by atoms with Gasteiger partial charge in [0, 0.05) is 5.71 Å². The fourth-order valence-electron chi connectivity index (χ4n) is 0.938. The molecule has 2 nitrogen and oxygen atoms in total. The third-order valence-electron chi connectivity index (χ3n) is 1.44. The van der Waals surface area contributed by atoms with Crippen molar-refractivity contribution in [1.29, 1.82) is 0 Å². The Balaban J connectivity index is 2.52. The van der Waals surface area contributed by atoms with E-state index in [1.165, 1.54) is 6.08 Å². The number of aliphatic imine (C=N–C) groups is 1. The molecule has 0 aromatic heterocycles. The summed E-state index contributed by atoms with van der Waals surface area (Å²) in [6.45, 7) is -0.0211. The van der Waals surface area contributed by atoms with Crippen LogP contribution in [0.3, 0.4) is 0 Å². The largest absolute Gasteiger partial charge is 0.394 e. The smallest absolute Gasteiger partial charge is 0.392 e. The number of rotatable bonds is 2. The van der Waals surface area contributed by atoms with Gasteiger partial charge >= 0.3 is 6.18 Å². The van der Waals surface area contributed by atoms with Gasteiger partial charge in [0.1, 0.15) is 0 Å². The van der Waals surface area contributed by atoms with Crippen LogP contribution >= 0.6 is 0 Å². The number of allylic oxidation sites excluding steroid dienone is 1. The highest BCUT2D eigenvalue weighted by molar-refractivity contribution is 5.97. The van der Waals surface area contributed by atoms with Crippen molar-refractivity contribution in [2.75, 3.05) is 13.2 Å². The van der Waals surface area contributed by atoms with E-state index in [0.717, 1.165) is 0 Å². The molecule has 0 saturated heterocycles. The fraction of sp³-hybridized carbons (Fsp3) is 0.571. The number of hydrogen-bond donors (Lipinski definition) is 1. The van der Waals surface area contributed by atoms with Gasteiger partial charge in [-0.3, -0.25) is 4.99 Å². The summed E-state index contributed by atoms with van der Waals surface area (Å²) in [4.78, 5) is 3.62. The van der Waals surface area contributed by atoms with Crippen LogP contribution in [0.4, 0.5) is 13.2 Å². The SMILES string of the molecule is OCC1=CC(CC(F)(F)F)=NC1. The molecular formula is C7H8F3NO. The average molecular weight is 179 g/mol. The lowest BCUT2D eigenvalue weighted by atomic mass is 10.2. The third kappa shape index (κ3) is 2.65. The predicted molar refractivity (Wildman–Crippen MR) is 38.1 cm³/mol. The van der Waals surface area contributed by atoms with Gasteiger partial charge in [0.05, 0.1) is 19.6 Å². The van der Waals surface area contributed by atoms with Crippen molar-refractivity contribution in [2.24, 2.45) is 4.99 Å². The minimum atomic E-state index is -4.21. The van der Waals surface area contributed by atoms with Gasteiger partial charge in [-0.05, 0) is 11.6 Å². The van der Waals surface area contributed by atoms with Crippen molar-refractivity contribution in [1.82, 2.24) is 0 Å². The van der Waals surface area contributed by atoms with Gasteiger partial charge in [0.15, 0.2) is 0 Å². The molecule has 1 aliphatic heterocycles. The Morgan fingerprint density at radius 1 is 1.50 bits per heavy atom. The summed E-state index contributed by atoms with van der Waals surface area (Å²) in [7, 11) is 0. The molecule has 0 bridgehead atoms. The second-order valence-corrected chi connectivity index (χ2v) is 2.56. The highest BCUT2D eigenvalue weighted by atomic mass is 19.4. The van der Waals surface area contributed by atoms with E-state index in [1.54, 1.807) is 0 Å². The molecule has 0 radical (unpaired) electrons. The Morgan fingerprint density at radius 3 is 2.58 bits per heavy atom. The fourth-order valence-corrected chi connectivity index (χ4v) is 0.938. The first kappa shape index (κ1) is 9.25. The number of aliphatic hydroxyl groups excluding tert-OH is 1. The number of hydrogen-bond acceptors (Lipinski definition) is 2. The summed E-state index contributed by atoms with van der Waals surface area (Å²) in [6, 6.07) is 0. The van der Waals surface area contributed by atoms with Gasteiger partial charge in [0.2, 0.25) is 0 Å². The lowest BCUT2D eigenvalue weighted by Crippen LogP contribution is -2.12. The highest BCUT2D eigenvalue weighted by Gasteiger charge is 2.29. The standard InChI is InChI=1S/C7H8F3NO/c8-7(9,10)2-6-1-5(4-12)3-11-6/h1,12H,2-4H2. The highest BCUT2D eigenvalue weighted by Crippen LogP contribution is 2.22. The van der Waals surface area contributed by atoms with Gasteiger partial charge in [-0.15, -0.1) is 0 Å². The summed E-state index contributed by atoms with van der Waals surface area (Å²) in [5.74, 6) is 0. The first-order valence-corrected chi connectivity index (χ1v) is 3.41. The van der Waals surface area contributed by atoms with Crippen LogP contribution in [0, 0.1) is 0 Å². The maximum Gasteiger partial charge on any atom is 0.394 e. The Morgan fingerprint density at radius 2 is 2.17 bits per heavy atom. The van der Waals surface area contributed by atoms with Crippen LogP contribution in [0.25, 0.3) is 0 Å². The molecule has 0 aliphatic carbocycles. The number of halogens is 3. The lowest BCUT2D eigenvalue weighted by molar-refractivity contribution is -0.121. The second kappa shape index (κ2) is 3.26. The molecule has 1 rings (SSSR count). The lowest BCUT2D eigenvalue weighted by Gasteiger charge is -2.02. The van der Waals surface area contributed by atoms with Crippen LogP contribution < -0.4 is 0 Å². The second-order valence-electron chi connectivity index (χ2n) is 2.56. The van der Waals surface area contributed by atoms with Crippen LogP contribution in [0.15, 0.2) is 16.6 Å². The zero-order valence-electron chi connectivity index (χ0n) is 6.23. The number of aliphatic hydroxyl groups is 1. The Labute approximate surface area is 67.4 Å². The quantitative estimate of drug-likeness (QED) is 0.681. The third-order valence-corrected chi connectivity index (χ3v) is 1.44. The van der Waals surface area contributed by atoms with E-state index in [1.807, 2.05) is 0 Å². The van der Waals surface area contributed by atoms with Crippen molar-refractivity contribution in [3.63, 3.8) is 0 Å². The molecular weight excluding hydrogens is 171 g/mol. The summed E-state index contributed by atoms with van der Waals surface area (Å²) in [5, 5.41) is 8.56. The minimum absolute atomic E-state index is 0.00606. The first-order valence-electron chi connectivity index (χ1n) is 3.41. The monoisotopic (exact) mass is 179 g/mol. The van der Waals surface area contributed by atoms with E-state index in [0.29, 0.717) is 5.57 Å². The Bertz CT molecular complexity index is 229. The summed E-state index contributed by atoms with van der Waals surface area (Å²) >= 11 is 0. The van der Waals surface area contributed by atoms with Crippen LogP contribution in [-0.2, 0) is 0 Å². The van der Waals surface area contributed by atoms with E-state index in [-0.39, 0.29) is 18.9 Å². The molecule has 12 heavy (non-hydrogen) atoms. The normalized spacial score (nSPS) is 17.7. The maximum atomic E-state index is 11.8. The van der Waals surface area contributed by atoms with E-state index in [2.05, 4.69) is 4.99 Å². The van der Waals surface area contributed by atoms with Gasteiger partial charge in [0.25, 0.3) is 0 Å². The minimum Gasteiger partial charge on any atom is -0.392 e. The first-order chi connectivity index (χ1) is 5.51. The Hall–Kier alpha value is -0.840. The molecule has 0 aromatic carbocycles. The summed E-state index contributed by atoms with van der Waals surface area (Å²) < 4.78 is 35.3. The molecule has 0 saturated carbocycles. The van der Waals surface area contributed by atoms with Gasteiger partial charge in [-0.25, -0.2) is 0 Å². The van der Waals surface area contributed by atoms with Gasteiger partial charge < -0.3 is 5.11 Å². The molecule has 1 heterocycles. The number of alkyl halides is 3. The van der Waals surface area contributed by atoms with Crippen LogP contribution in [-0.4, -0.2) is 30.1 Å². The topological polar surface area (TPSA) is 32.6 Å². The van der Waals surface area contributed by atoms with Crippen molar-refractivity contribution >= 4 is 5.71 Å².